The molecule has 1 aliphatic heterocycles. The zero-order valence-electron chi connectivity index (χ0n) is 12.2. The van der Waals surface area contributed by atoms with Gasteiger partial charge in [0.25, 0.3) is 0 Å². The maximum absolute atomic E-state index is 5.85. The fraction of sp³-hybridized carbons (Fsp3) is 0.471. The number of nitrogens with zero attached hydrogens (tertiary/aromatic N) is 1. The van der Waals surface area contributed by atoms with Crippen molar-refractivity contribution in [2.75, 3.05) is 13.7 Å². The molecule has 3 atom stereocenters. The van der Waals surface area contributed by atoms with Crippen molar-refractivity contribution in [1.29, 1.82) is 0 Å². The second kappa shape index (κ2) is 5.90. The molecule has 3 heteroatoms. The van der Waals surface area contributed by atoms with Crippen LogP contribution in [-0.4, -0.2) is 24.7 Å². The number of ether oxygens (including phenoxy) is 1. The monoisotopic (exact) mass is 270 g/mol. The first-order chi connectivity index (χ1) is 9.83. The van der Waals surface area contributed by atoms with Crippen molar-refractivity contribution < 1.29 is 4.74 Å². The summed E-state index contributed by atoms with van der Waals surface area (Å²) in [5.74, 6) is 0.535. The van der Waals surface area contributed by atoms with Gasteiger partial charge in [0.05, 0.1) is 11.6 Å². The van der Waals surface area contributed by atoms with E-state index in [9.17, 15) is 0 Å². The summed E-state index contributed by atoms with van der Waals surface area (Å²) in [7, 11) is 2.03. The highest BCUT2D eigenvalue weighted by Gasteiger charge is 2.33. The molecule has 1 N–H and O–H groups in total. The molecule has 1 saturated heterocycles. The lowest BCUT2D eigenvalue weighted by Crippen LogP contribution is -2.30. The molecule has 0 spiro atoms. The van der Waals surface area contributed by atoms with Gasteiger partial charge in [0.15, 0.2) is 0 Å². The highest BCUT2D eigenvalue weighted by atomic mass is 16.5. The molecule has 20 heavy (non-hydrogen) atoms. The SMILES string of the molecule is CCC1OCCC1C(NC)c1cnc2ccccc2c1. The summed E-state index contributed by atoms with van der Waals surface area (Å²) in [6, 6.07) is 10.9. The van der Waals surface area contributed by atoms with Crippen molar-refractivity contribution in [1.82, 2.24) is 10.3 Å². The average Bonchev–Trinajstić information content (AvgIpc) is 2.96. The summed E-state index contributed by atoms with van der Waals surface area (Å²) in [6.45, 7) is 3.08. The molecule has 3 unspecified atom stereocenters. The summed E-state index contributed by atoms with van der Waals surface area (Å²) >= 11 is 0. The maximum atomic E-state index is 5.85. The van der Waals surface area contributed by atoms with E-state index in [2.05, 4.69) is 41.5 Å². The Bertz CT molecular complexity index is 584. The first-order valence-corrected chi connectivity index (χ1v) is 7.47. The predicted octanol–water partition coefficient (Wildman–Crippen LogP) is 3.31. The number of benzene rings is 1. The van der Waals surface area contributed by atoms with Crippen molar-refractivity contribution in [2.45, 2.75) is 31.9 Å². The van der Waals surface area contributed by atoms with E-state index in [1.165, 1.54) is 10.9 Å². The lowest BCUT2D eigenvalue weighted by atomic mass is 9.87. The summed E-state index contributed by atoms with van der Waals surface area (Å²) in [5, 5.41) is 4.68. The van der Waals surface area contributed by atoms with Gasteiger partial charge in [-0.2, -0.15) is 0 Å². The molecule has 1 aromatic carbocycles. The quantitative estimate of drug-likeness (QED) is 0.925. The smallest absolute Gasteiger partial charge is 0.0702 e. The van der Waals surface area contributed by atoms with Gasteiger partial charge in [0, 0.05) is 30.1 Å². The molecule has 1 aromatic heterocycles. The number of fused-ring (bicyclic) bond motifs is 1. The average molecular weight is 270 g/mol. The van der Waals surface area contributed by atoms with Crippen LogP contribution in [0.4, 0.5) is 0 Å². The molecule has 106 valence electrons. The van der Waals surface area contributed by atoms with Gasteiger partial charge in [-0.05, 0) is 37.6 Å². The van der Waals surface area contributed by atoms with Crippen LogP contribution >= 0.6 is 0 Å². The third kappa shape index (κ3) is 2.43. The number of nitrogens with one attached hydrogen (secondary N) is 1. The van der Waals surface area contributed by atoms with E-state index < -0.39 is 0 Å². The summed E-state index contributed by atoms with van der Waals surface area (Å²) in [4.78, 5) is 4.59. The van der Waals surface area contributed by atoms with Gasteiger partial charge in [-0.25, -0.2) is 0 Å². The molecule has 3 rings (SSSR count). The largest absolute Gasteiger partial charge is 0.378 e. The Balaban J connectivity index is 1.94. The van der Waals surface area contributed by atoms with E-state index in [1.807, 2.05) is 19.3 Å². The summed E-state index contributed by atoms with van der Waals surface area (Å²) < 4.78 is 5.85. The molecule has 2 aromatic rings. The molecule has 1 fully saturated rings. The maximum Gasteiger partial charge on any atom is 0.0702 e. The molecule has 2 heterocycles. The highest BCUT2D eigenvalue weighted by molar-refractivity contribution is 5.78. The van der Waals surface area contributed by atoms with E-state index in [0.717, 1.165) is 25.0 Å². The van der Waals surface area contributed by atoms with Gasteiger partial charge in [-0.15, -0.1) is 0 Å². The van der Waals surface area contributed by atoms with E-state index in [1.54, 1.807) is 0 Å². The van der Waals surface area contributed by atoms with Crippen molar-refractivity contribution in [3.05, 3.63) is 42.1 Å². The lowest BCUT2D eigenvalue weighted by Gasteiger charge is -2.27. The van der Waals surface area contributed by atoms with Gasteiger partial charge < -0.3 is 10.1 Å². The second-order valence-electron chi connectivity index (χ2n) is 5.50. The van der Waals surface area contributed by atoms with E-state index in [0.29, 0.717) is 18.1 Å². The first kappa shape index (κ1) is 13.5. The minimum absolute atomic E-state index is 0.319. The van der Waals surface area contributed by atoms with Crippen LogP contribution in [0, 0.1) is 5.92 Å². The molecule has 0 amide bonds. The van der Waals surface area contributed by atoms with Crippen molar-refractivity contribution in [3.8, 4) is 0 Å². The number of hydrogen-bond donors (Lipinski definition) is 1. The van der Waals surface area contributed by atoms with Gasteiger partial charge in [-0.3, -0.25) is 4.98 Å². The van der Waals surface area contributed by atoms with Gasteiger partial charge in [-0.1, -0.05) is 25.1 Å². The number of hydrogen-bond acceptors (Lipinski definition) is 3. The minimum atomic E-state index is 0.319. The summed E-state index contributed by atoms with van der Waals surface area (Å²) in [5.41, 5.74) is 2.32. The molecule has 0 aliphatic carbocycles. The molecule has 0 radical (unpaired) electrons. The molecule has 0 saturated carbocycles. The molecular formula is C17H22N2O. The molecule has 0 bridgehead atoms. The second-order valence-corrected chi connectivity index (χ2v) is 5.50. The van der Waals surface area contributed by atoms with Crippen LogP contribution in [0.5, 0.6) is 0 Å². The Morgan fingerprint density at radius 2 is 2.25 bits per heavy atom. The van der Waals surface area contributed by atoms with Gasteiger partial charge >= 0.3 is 0 Å². The number of pyridine rings is 1. The van der Waals surface area contributed by atoms with Gasteiger partial charge in [0.2, 0.25) is 0 Å². The third-order valence-corrected chi connectivity index (χ3v) is 4.37. The minimum Gasteiger partial charge on any atom is -0.378 e. The number of aromatic nitrogens is 1. The summed E-state index contributed by atoms with van der Waals surface area (Å²) in [6.07, 6.45) is 4.56. The van der Waals surface area contributed by atoms with Crippen LogP contribution in [0.15, 0.2) is 36.5 Å². The van der Waals surface area contributed by atoms with Crippen LogP contribution in [0.1, 0.15) is 31.4 Å². The first-order valence-electron chi connectivity index (χ1n) is 7.47. The zero-order valence-corrected chi connectivity index (χ0v) is 12.2. The normalized spacial score (nSPS) is 24.1. The zero-order chi connectivity index (χ0) is 13.9. The van der Waals surface area contributed by atoms with Crippen LogP contribution < -0.4 is 5.32 Å². The van der Waals surface area contributed by atoms with Crippen LogP contribution in [0.3, 0.4) is 0 Å². The van der Waals surface area contributed by atoms with Crippen molar-refractivity contribution in [3.63, 3.8) is 0 Å². The predicted molar refractivity (Wildman–Crippen MR) is 81.7 cm³/mol. The molecule has 1 aliphatic rings. The highest BCUT2D eigenvalue weighted by Crippen LogP contribution is 2.35. The Kier molecular flexibility index (Phi) is 3.99. The standard InChI is InChI=1S/C17H22N2O/c1-3-16-14(8-9-20-16)17(18-2)13-10-12-6-4-5-7-15(12)19-11-13/h4-7,10-11,14,16-18H,3,8-9H2,1-2H3. The Hall–Kier alpha value is -1.45. The van der Waals surface area contributed by atoms with Crippen molar-refractivity contribution >= 4 is 10.9 Å². The lowest BCUT2D eigenvalue weighted by molar-refractivity contribution is 0.0782. The van der Waals surface area contributed by atoms with Crippen LogP contribution in [0.2, 0.25) is 0 Å². The third-order valence-electron chi connectivity index (χ3n) is 4.37. The molecular weight excluding hydrogens is 248 g/mol. The van der Waals surface area contributed by atoms with E-state index in [4.69, 9.17) is 4.74 Å². The van der Waals surface area contributed by atoms with Gasteiger partial charge in [0.1, 0.15) is 0 Å². The van der Waals surface area contributed by atoms with Crippen LogP contribution in [0.25, 0.3) is 10.9 Å². The fourth-order valence-corrected chi connectivity index (χ4v) is 3.35. The Morgan fingerprint density at radius 3 is 3.05 bits per heavy atom. The number of rotatable bonds is 4. The Labute approximate surface area is 120 Å². The number of para-hydroxylation sites is 1. The fourth-order valence-electron chi connectivity index (χ4n) is 3.35. The topological polar surface area (TPSA) is 34.1 Å². The van der Waals surface area contributed by atoms with E-state index >= 15 is 0 Å². The molecule has 3 nitrogen and oxygen atoms in total. The van der Waals surface area contributed by atoms with E-state index in [-0.39, 0.29) is 0 Å². The Morgan fingerprint density at radius 1 is 1.40 bits per heavy atom. The van der Waals surface area contributed by atoms with Crippen LogP contribution in [-0.2, 0) is 4.74 Å². The van der Waals surface area contributed by atoms with Crippen molar-refractivity contribution in [2.24, 2.45) is 5.92 Å².